The number of halogens is 2. The first-order valence-electron chi connectivity index (χ1n) is 7.62. The minimum absolute atomic E-state index is 0.328. The molecule has 118 valence electrons. The van der Waals surface area contributed by atoms with Crippen LogP contribution in [0.2, 0.25) is 0 Å². The molecule has 1 aliphatic rings. The maximum Gasteiger partial charge on any atom is 0.163 e. The molecule has 0 heterocycles. The van der Waals surface area contributed by atoms with Crippen LogP contribution in [0.1, 0.15) is 49.8 Å². The van der Waals surface area contributed by atoms with E-state index in [1.807, 2.05) is 0 Å². The Labute approximate surface area is 125 Å². The van der Waals surface area contributed by atoms with Gasteiger partial charge in [-0.3, -0.25) is 0 Å². The van der Waals surface area contributed by atoms with Crippen molar-refractivity contribution in [3.63, 3.8) is 0 Å². The number of hydrogen-bond acceptors (Lipinski definition) is 2. The Bertz CT molecular complexity index is 506. The number of aryl methyl sites for hydroxylation is 1. The SMILES string of the molecule is CNC(c1ccc(C)c(F)c1F)C1(OC)CCCC(C)C1. The molecule has 0 amide bonds. The fraction of sp³-hybridized carbons (Fsp3) is 0.647. The minimum atomic E-state index is -0.761. The number of methoxy groups -OCH3 is 1. The van der Waals surface area contributed by atoms with Crippen LogP contribution in [0, 0.1) is 24.5 Å². The van der Waals surface area contributed by atoms with Gasteiger partial charge in [0.15, 0.2) is 11.6 Å². The number of ether oxygens (including phenoxy) is 1. The van der Waals surface area contributed by atoms with Gasteiger partial charge in [0.1, 0.15) is 0 Å². The van der Waals surface area contributed by atoms with Crippen LogP contribution in [0.3, 0.4) is 0 Å². The fourth-order valence-corrected chi connectivity index (χ4v) is 3.69. The maximum absolute atomic E-state index is 14.4. The number of nitrogens with one attached hydrogen (secondary N) is 1. The van der Waals surface area contributed by atoms with Gasteiger partial charge >= 0.3 is 0 Å². The van der Waals surface area contributed by atoms with Crippen LogP contribution in [0.4, 0.5) is 8.78 Å². The van der Waals surface area contributed by atoms with Crippen molar-refractivity contribution >= 4 is 0 Å². The van der Waals surface area contributed by atoms with Gasteiger partial charge in [0.05, 0.1) is 11.6 Å². The van der Waals surface area contributed by atoms with Crippen molar-refractivity contribution in [1.29, 1.82) is 0 Å². The second-order valence-electron chi connectivity index (χ2n) is 6.29. The van der Waals surface area contributed by atoms with Gasteiger partial charge in [0.2, 0.25) is 0 Å². The Hall–Kier alpha value is -1.00. The predicted octanol–water partition coefficient (Wildman–Crippen LogP) is 4.13. The van der Waals surface area contributed by atoms with Gasteiger partial charge in [0.25, 0.3) is 0 Å². The van der Waals surface area contributed by atoms with Crippen molar-refractivity contribution in [2.75, 3.05) is 14.2 Å². The highest BCUT2D eigenvalue weighted by atomic mass is 19.2. The van der Waals surface area contributed by atoms with E-state index in [9.17, 15) is 8.78 Å². The summed E-state index contributed by atoms with van der Waals surface area (Å²) in [4.78, 5) is 0. The molecule has 1 aliphatic carbocycles. The lowest BCUT2D eigenvalue weighted by atomic mass is 9.72. The van der Waals surface area contributed by atoms with Crippen molar-refractivity contribution in [3.05, 3.63) is 34.9 Å². The molecule has 1 fully saturated rings. The third kappa shape index (κ3) is 2.97. The fourth-order valence-electron chi connectivity index (χ4n) is 3.69. The van der Waals surface area contributed by atoms with Gasteiger partial charge in [-0.15, -0.1) is 0 Å². The second kappa shape index (κ2) is 6.41. The molecule has 3 atom stereocenters. The van der Waals surface area contributed by atoms with E-state index in [4.69, 9.17) is 4.74 Å². The maximum atomic E-state index is 14.4. The van der Waals surface area contributed by atoms with Gasteiger partial charge in [0, 0.05) is 12.7 Å². The van der Waals surface area contributed by atoms with Gasteiger partial charge in [-0.1, -0.05) is 31.9 Å². The van der Waals surface area contributed by atoms with E-state index in [0.29, 0.717) is 17.0 Å². The Kier molecular flexibility index (Phi) is 4.99. The van der Waals surface area contributed by atoms with Crippen molar-refractivity contribution in [1.82, 2.24) is 5.32 Å². The van der Waals surface area contributed by atoms with Gasteiger partial charge in [-0.25, -0.2) is 8.78 Å². The number of hydrogen-bond donors (Lipinski definition) is 1. The van der Waals surface area contributed by atoms with Crippen LogP contribution in [0.5, 0.6) is 0 Å². The molecular formula is C17H25F2NO. The molecule has 0 aromatic heterocycles. The largest absolute Gasteiger partial charge is 0.376 e. The summed E-state index contributed by atoms with van der Waals surface area (Å²) in [6.45, 7) is 3.76. The molecule has 1 N–H and O–H groups in total. The zero-order valence-corrected chi connectivity index (χ0v) is 13.3. The molecule has 3 unspecified atom stereocenters. The molecule has 1 aromatic rings. The van der Waals surface area contributed by atoms with Crippen LogP contribution in [0.15, 0.2) is 12.1 Å². The first kappa shape index (κ1) is 16.4. The van der Waals surface area contributed by atoms with E-state index in [1.165, 1.54) is 0 Å². The summed E-state index contributed by atoms with van der Waals surface area (Å²) >= 11 is 0. The normalized spacial score (nSPS) is 27.6. The summed E-state index contributed by atoms with van der Waals surface area (Å²) in [5.41, 5.74) is 0.209. The van der Waals surface area contributed by atoms with E-state index in [2.05, 4.69) is 12.2 Å². The van der Waals surface area contributed by atoms with Crippen LogP contribution < -0.4 is 5.32 Å². The standard InChI is InChI=1S/C17H25F2NO/c1-11-6-5-9-17(10-11,21-4)16(20-3)13-8-7-12(2)14(18)15(13)19/h7-8,11,16,20H,5-6,9-10H2,1-4H3. The van der Waals surface area contributed by atoms with Crippen molar-refractivity contribution in [2.24, 2.45) is 5.92 Å². The van der Waals surface area contributed by atoms with Crippen molar-refractivity contribution in [2.45, 2.75) is 51.2 Å². The molecule has 1 aromatic carbocycles. The highest BCUT2D eigenvalue weighted by Gasteiger charge is 2.43. The monoisotopic (exact) mass is 297 g/mol. The van der Waals surface area contributed by atoms with E-state index in [-0.39, 0.29) is 6.04 Å². The van der Waals surface area contributed by atoms with Gasteiger partial charge < -0.3 is 10.1 Å². The van der Waals surface area contributed by atoms with Gasteiger partial charge in [-0.05, 0) is 38.3 Å². The Morgan fingerprint density at radius 1 is 1.33 bits per heavy atom. The van der Waals surface area contributed by atoms with E-state index in [0.717, 1.165) is 25.7 Å². The summed E-state index contributed by atoms with van der Waals surface area (Å²) in [6, 6.07) is 2.96. The smallest absolute Gasteiger partial charge is 0.163 e. The van der Waals surface area contributed by atoms with E-state index < -0.39 is 17.2 Å². The lowest BCUT2D eigenvalue weighted by molar-refractivity contribution is -0.0797. The molecule has 0 spiro atoms. The Morgan fingerprint density at radius 3 is 2.62 bits per heavy atom. The highest BCUT2D eigenvalue weighted by molar-refractivity contribution is 5.30. The van der Waals surface area contributed by atoms with Crippen LogP contribution in [-0.2, 0) is 4.74 Å². The molecule has 1 saturated carbocycles. The average Bonchev–Trinajstić information content (AvgIpc) is 2.48. The predicted molar refractivity (Wildman–Crippen MR) is 80.3 cm³/mol. The van der Waals surface area contributed by atoms with E-state index >= 15 is 0 Å². The Morgan fingerprint density at radius 2 is 2.05 bits per heavy atom. The molecule has 21 heavy (non-hydrogen) atoms. The molecule has 0 bridgehead atoms. The van der Waals surface area contributed by atoms with E-state index in [1.54, 1.807) is 33.2 Å². The number of likely N-dealkylation sites (N-methyl/N-ethyl adjacent to an activating group) is 1. The zero-order valence-electron chi connectivity index (χ0n) is 13.3. The van der Waals surface area contributed by atoms with Crippen LogP contribution >= 0.6 is 0 Å². The lowest BCUT2D eigenvalue weighted by Gasteiger charge is -2.44. The molecule has 2 rings (SSSR count). The topological polar surface area (TPSA) is 21.3 Å². The summed E-state index contributed by atoms with van der Waals surface area (Å²) in [5.74, 6) is -1.00. The third-order valence-corrected chi connectivity index (χ3v) is 4.83. The summed E-state index contributed by atoms with van der Waals surface area (Å²) in [5, 5.41) is 3.16. The highest BCUT2D eigenvalue weighted by Crippen LogP contribution is 2.44. The number of rotatable bonds is 4. The first-order chi connectivity index (χ1) is 9.95. The molecule has 2 nitrogen and oxygen atoms in total. The molecule has 0 aliphatic heterocycles. The van der Waals surface area contributed by atoms with Crippen LogP contribution in [0.25, 0.3) is 0 Å². The Balaban J connectivity index is 2.45. The lowest BCUT2D eigenvalue weighted by Crippen LogP contribution is -2.48. The van der Waals surface area contributed by atoms with Crippen LogP contribution in [-0.4, -0.2) is 19.8 Å². The van der Waals surface area contributed by atoms with Gasteiger partial charge in [-0.2, -0.15) is 0 Å². The molecule has 0 saturated heterocycles. The second-order valence-corrected chi connectivity index (χ2v) is 6.29. The first-order valence-corrected chi connectivity index (χ1v) is 7.62. The summed E-state index contributed by atoms with van der Waals surface area (Å²) < 4.78 is 34.1. The van der Waals surface area contributed by atoms with Crippen molar-refractivity contribution < 1.29 is 13.5 Å². The summed E-state index contributed by atoms with van der Waals surface area (Å²) in [6.07, 6.45) is 3.91. The molecule has 4 heteroatoms. The third-order valence-electron chi connectivity index (χ3n) is 4.83. The zero-order chi connectivity index (χ0) is 15.6. The number of benzene rings is 1. The minimum Gasteiger partial charge on any atom is -0.376 e. The molecular weight excluding hydrogens is 272 g/mol. The summed E-state index contributed by atoms with van der Waals surface area (Å²) in [7, 11) is 3.45. The van der Waals surface area contributed by atoms with Crippen molar-refractivity contribution in [3.8, 4) is 0 Å². The average molecular weight is 297 g/mol. The quantitative estimate of drug-likeness (QED) is 0.902. The molecule has 0 radical (unpaired) electrons.